The number of thiazole rings is 1. The van der Waals surface area contributed by atoms with Crippen LogP contribution >= 0.6 is 23.6 Å². The van der Waals surface area contributed by atoms with Gasteiger partial charge in [0.25, 0.3) is 0 Å². The second-order valence-electron chi connectivity index (χ2n) is 3.72. The molecule has 0 aliphatic rings. The molecule has 4 nitrogen and oxygen atoms in total. The van der Waals surface area contributed by atoms with Crippen LogP contribution in [0.5, 0.6) is 0 Å². The third-order valence-electron chi connectivity index (χ3n) is 2.42. The summed E-state index contributed by atoms with van der Waals surface area (Å²) in [5.74, 6) is 0.758. The lowest BCUT2D eigenvalue weighted by atomic mass is 10.2. The predicted octanol–water partition coefficient (Wildman–Crippen LogP) is 2.35. The van der Waals surface area contributed by atoms with Crippen molar-refractivity contribution in [2.45, 2.75) is 19.9 Å². The lowest BCUT2D eigenvalue weighted by molar-refractivity contribution is 1.07. The molecule has 0 aliphatic heterocycles. The number of thiocarbonyl (C=S) groups is 1. The minimum atomic E-state index is 0.378. The van der Waals surface area contributed by atoms with E-state index >= 15 is 0 Å². The molecule has 0 aromatic carbocycles. The molecule has 0 saturated heterocycles. The van der Waals surface area contributed by atoms with Gasteiger partial charge in [-0.05, 0) is 18.6 Å². The fourth-order valence-corrected chi connectivity index (χ4v) is 2.37. The molecule has 0 amide bonds. The minimum absolute atomic E-state index is 0.378. The van der Waals surface area contributed by atoms with Gasteiger partial charge in [0.2, 0.25) is 0 Å². The maximum absolute atomic E-state index is 5.58. The summed E-state index contributed by atoms with van der Waals surface area (Å²) in [5, 5.41) is 4.27. The molecule has 0 unspecified atom stereocenters. The van der Waals surface area contributed by atoms with Gasteiger partial charge in [0.15, 0.2) is 0 Å². The first-order chi connectivity index (χ1) is 8.69. The van der Waals surface area contributed by atoms with Crippen molar-refractivity contribution in [1.82, 2.24) is 9.97 Å². The molecule has 94 valence electrons. The van der Waals surface area contributed by atoms with E-state index in [1.807, 2.05) is 12.3 Å². The van der Waals surface area contributed by atoms with Crippen molar-refractivity contribution in [2.75, 3.05) is 5.32 Å². The zero-order valence-electron chi connectivity index (χ0n) is 10.0. The van der Waals surface area contributed by atoms with Crippen LogP contribution in [0.4, 0.5) is 5.82 Å². The molecular formula is C12H14N4S2. The SMILES string of the molecule is CCc1cnc(CNc2cc(C(N)=S)ccn2)s1. The van der Waals surface area contributed by atoms with Crippen LogP contribution in [0.1, 0.15) is 22.4 Å². The summed E-state index contributed by atoms with van der Waals surface area (Å²) in [5.41, 5.74) is 6.39. The number of nitrogens with zero attached hydrogens (tertiary/aromatic N) is 2. The highest BCUT2D eigenvalue weighted by molar-refractivity contribution is 7.80. The van der Waals surface area contributed by atoms with Crippen LogP contribution in [0.3, 0.4) is 0 Å². The van der Waals surface area contributed by atoms with Gasteiger partial charge >= 0.3 is 0 Å². The van der Waals surface area contributed by atoms with Crippen molar-refractivity contribution >= 4 is 34.4 Å². The molecule has 2 rings (SSSR count). The Balaban J connectivity index is 2.01. The standard InChI is InChI=1S/C12H14N4S2/c1-2-9-6-16-11(18-9)7-15-10-5-8(12(13)17)3-4-14-10/h3-6H,2,7H2,1H3,(H2,13,17)(H,14,15). The van der Waals surface area contributed by atoms with Crippen LogP contribution in [0.2, 0.25) is 0 Å². The monoisotopic (exact) mass is 278 g/mol. The van der Waals surface area contributed by atoms with Gasteiger partial charge < -0.3 is 11.1 Å². The lowest BCUT2D eigenvalue weighted by Crippen LogP contribution is -2.10. The van der Waals surface area contributed by atoms with Crippen LogP contribution in [0.25, 0.3) is 0 Å². The number of hydrogen-bond donors (Lipinski definition) is 2. The van der Waals surface area contributed by atoms with Crippen molar-refractivity contribution in [2.24, 2.45) is 5.73 Å². The van der Waals surface area contributed by atoms with Crippen LogP contribution in [0.15, 0.2) is 24.5 Å². The molecule has 0 spiro atoms. The second-order valence-corrected chi connectivity index (χ2v) is 5.36. The summed E-state index contributed by atoms with van der Waals surface area (Å²) in [4.78, 5) is 10.2. The molecule has 2 aromatic rings. The van der Waals surface area contributed by atoms with Crippen molar-refractivity contribution < 1.29 is 0 Å². The van der Waals surface area contributed by atoms with Gasteiger partial charge in [-0.15, -0.1) is 11.3 Å². The Hall–Kier alpha value is -1.53. The summed E-state index contributed by atoms with van der Waals surface area (Å²) in [6, 6.07) is 3.64. The molecule has 0 fully saturated rings. The van der Waals surface area contributed by atoms with Crippen molar-refractivity contribution in [1.29, 1.82) is 0 Å². The Bertz CT molecular complexity index is 551. The number of pyridine rings is 1. The Morgan fingerprint density at radius 2 is 2.33 bits per heavy atom. The third kappa shape index (κ3) is 3.24. The molecule has 3 N–H and O–H groups in total. The highest BCUT2D eigenvalue weighted by Crippen LogP contribution is 2.15. The molecule has 0 radical (unpaired) electrons. The Morgan fingerprint density at radius 1 is 1.50 bits per heavy atom. The van der Waals surface area contributed by atoms with E-state index in [1.165, 1.54) is 4.88 Å². The number of aromatic nitrogens is 2. The van der Waals surface area contributed by atoms with E-state index in [4.69, 9.17) is 18.0 Å². The molecule has 2 heterocycles. The quantitative estimate of drug-likeness (QED) is 0.822. The number of anilines is 1. The molecule has 0 bridgehead atoms. The van der Waals surface area contributed by atoms with Crippen molar-refractivity contribution in [3.63, 3.8) is 0 Å². The van der Waals surface area contributed by atoms with E-state index in [0.717, 1.165) is 22.8 Å². The maximum Gasteiger partial charge on any atom is 0.126 e. The van der Waals surface area contributed by atoms with Gasteiger partial charge in [0, 0.05) is 22.8 Å². The van der Waals surface area contributed by atoms with Gasteiger partial charge in [0.1, 0.15) is 15.8 Å². The van der Waals surface area contributed by atoms with Crippen LogP contribution < -0.4 is 11.1 Å². The number of aryl methyl sites for hydroxylation is 1. The molecule has 0 aliphatic carbocycles. The lowest BCUT2D eigenvalue weighted by Gasteiger charge is -2.04. The van der Waals surface area contributed by atoms with E-state index in [-0.39, 0.29) is 0 Å². The summed E-state index contributed by atoms with van der Waals surface area (Å²) in [6.07, 6.45) is 4.63. The average molecular weight is 278 g/mol. The predicted molar refractivity (Wildman–Crippen MR) is 78.9 cm³/mol. The van der Waals surface area contributed by atoms with E-state index in [2.05, 4.69) is 22.2 Å². The summed E-state index contributed by atoms with van der Waals surface area (Å²) in [6.45, 7) is 2.79. The summed E-state index contributed by atoms with van der Waals surface area (Å²) >= 11 is 6.64. The molecule has 6 heteroatoms. The van der Waals surface area contributed by atoms with E-state index < -0.39 is 0 Å². The highest BCUT2D eigenvalue weighted by Gasteiger charge is 2.02. The molecular weight excluding hydrogens is 264 g/mol. The van der Waals surface area contributed by atoms with Crippen LogP contribution in [0, 0.1) is 0 Å². The first kappa shape index (κ1) is 12.9. The Morgan fingerprint density at radius 3 is 3.00 bits per heavy atom. The fourth-order valence-electron chi connectivity index (χ4n) is 1.44. The van der Waals surface area contributed by atoms with Crippen LogP contribution in [-0.4, -0.2) is 15.0 Å². The third-order valence-corrected chi connectivity index (χ3v) is 3.79. The maximum atomic E-state index is 5.58. The molecule has 0 saturated carbocycles. The smallest absolute Gasteiger partial charge is 0.126 e. The molecule has 18 heavy (non-hydrogen) atoms. The highest BCUT2D eigenvalue weighted by atomic mass is 32.1. The number of hydrogen-bond acceptors (Lipinski definition) is 5. The Labute approximate surface area is 115 Å². The topological polar surface area (TPSA) is 63.8 Å². The fraction of sp³-hybridized carbons (Fsp3) is 0.250. The van der Waals surface area contributed by atoms with Gasteiger partial charge in [0.05, 0.1) is 6.54 Å². The summed E-state index contributed by atoms with van der Waals surface area (Å²) < 4.78 is 0. The zero-order chi connectivity index (χ0) is 13.0. The van der Waals surface area contributed by atoms with Crippen molar-refractivity contribution in [3.05, 3.63) is 40.0 Å². The second kappa shape index (κ2) is 5.88. The normalized spacial score (nSPS) is 10.3. The average Bonchev–Trinajstić information content (AvgIpc) is 2.84. The largest absolute Gasteiger partial charge is 0.389 e. The molecule has 0 atom stereocenters. The van der Waals surface area contributed by atoms with Crippen LogP contribution in [-0.2, 0) is 13.0 Å². The van der Waals surface area contributed by atoms with Gasteiger partial charge in [-0.1, -0.05) is 19.1 Å². The van der Waals surface area contributed by atoms with Gasteiger partial charge in [-0.3, -0.25) is 0 Å². The molecule has 2 aromatic heterocycles. The van der Waals surface area contributed by atoms with Gasteiger partial charge in [-0.25, -0.2) is 9.97 Å². The Kier molecular flexibility index (Phi) is 4.22. The van der Waals surface area contributed by atoms with E-state index in [9.17, 15) is 0 Å². The van der Waals surface area contributed by atoms with Gasteiger partial charge in [-0.2, -0.15) is 0 Å². The minimum Gasteiger partial charge on any atom is -0.389 e. The van der Waals surface area contributed by atoms with E-state index in [0.29, 0.717) is 11.5 Å². The number of nitrogens with two attached hydrogens (primary N) is 1. The number of rotatable bonds is 5. The summed E-state index contributed by atoms with van der Waals surface area (Å²) in [7, 11) is 0. The van der Waals surface area contributed by atoms with E-state index in [1.54, 1.807) is 23.6 Å². The zero-order valence-corrected chi connectivity index (χ0v) is 11.6. The number of nitrogens with one attached hydrogen (secondary N) is 1. The van der Waals surface area contributed by atoms with Crippen molar-refractivity contribution in [3.8, 4) is 0 Å². The first-order valence-electron chi connectivity index (χ1n) is 5.62. The first-order valence-corrected chi connectivity index (χ1v) is 6.85.